The number of aromatic nitrogens is 1. The monoisotopic (exact) mass is 480 g/mol. The van der Waals surface area contributed by atoms with Crippen molar-refractivity contribution in [2.75, 3.05) is 5.73 Å². The summed E-state index contributed by atoms with van der Waals surface area (Å²) in [4.78, 5) is 17.3. The summed E-state index contributed by atoms with van der Waals surface area (Å²) < 4.78 is 6.35. The first-order valence-corrected chi connectivity index (χ1v) is 11.9. The normalized spacial score (nSPS) is 18.9. The molecule has 2 bridgehead atoms. The van der Waals surface area contributed by atoms with Crippen molar-refractivity contribution in [1.82, 2.24) is 10.3 Å². The van der Waals surface area contributed by atoms with E-state index in [9.17, 15) is 4.79 Å². The number of carbonyl (C=O) groups excluding carboxylic acids is 1. The lowest BCUT2D eigenvalue weighted by Crippen LogP contribution is -2.24. The highest BCUT2D eigenvalue weighted by atomic mass is 35.5. The second-order valence-corrected chi connectivity index (χ2v) is 9.51. The Morgan fingerprint density at radius 2 is 1.83 bits per heavy atom. The maximum atomic E-state index is 13.0. The molecule has 6 heteroatoms. The number of nitrogens with two attached hydrogens (primary N) is 1. The quantitative estimate of drug-likeness (QED) is 0.476. The number of carbonyl (C=O) groups is 1. The largest absolute Gasteiger partial charge is 0.384 e. The highest BCUT2D eigenvalue weighted by molar-refractivity contribution is 6.35. The van der Waals surface area contributed by atoms with E-state index in [1.54, 1.807) is 6.08 Å². The lowest BCUT2D eigenvalue weighted by Gasteiger charge is -2.17. The third kappa shape index (κ3) is 3.57. The second-order valence-electron chi connectivity index (χ2n) is 9.10. The maximum Gasteiger partial charge on any atom is 0.251 e. The van der Waals surface area contributed by atoms with Gasteiger partial charge < -0.3 is 15.8 Å². The summed E-state index contributed by atoms with van der Waals surface area (Å²) in [6, 6.07) is 14.0. The minimum atomic E-state index is -0.199. The number of rotatable bonds is 4. The van der Waals surface area contributed by atoms with Crippen LogP contribution in [0.2, 0.25) is 0 Å². The molecule has 0 fully saturated rings. The van der Waals surface area contributed by atoms with Gasteiger partial charge in [0.2, 0.25) is 0 Å². The van der Waals surface area contributed by atoms with Crippen LogP contribution >= 0.6 is 11.6 Å². The van der Waals surface area contributed by atoms with Crippen LogP contribution in [0.25, 0.3) is 5.57 Å². The molecule has 2 aliphatic heterocycles. The summed E-state index contributed by atoms with van der Waals surface area (Å²) in [5.74, 6) is 0.353. The molecule has 35 heavy (non-hydrogen) atoms. The van der Waals surface area contributed by atoms with Gasteiger partial charge in [-0.15, -0.1) is 0 Å². The van der Waals surface area contributed by atoms with Crippen LogP contribution in [0.1, 0.15) is 67.2 Å². The van der Waals surface area contributed by atoms with Crippen LogP contribution in [0, 0.1) is 19.9 Å². The number of nitrogens with zero attached hydrogens (tertiary/aromatic N) is 1. The molecule has 3 N–H and O–H groups in total. The van der Waals surface area contributed by atoms with Crippen molar-refractivity contribution in [3.63, 3.8) is 0 Å². The van der Waals surface area contributed by atoms with E-state index in [4.69, 9.17) is 22.1 Å². The zero-order valence-corrected chi connectivity index (χ0v) is 20.1. The van der Waals surface area contributed by atoms with E-state index in [1.165, 1.54) is 5.56 Å². The molecule has 3 aliphatic rings. The Morgan fingerprint density at radius 1 is 1.09 bits per heavy atom. The summed E-state index contributed by atoms with van der Waals surface area (Å²) in [6.45, 7) is 4.27. The highest BCUT2D eigenvalue weighted by Gasteiger charge is 2.43. The van der Waals surface area contributed by atoms with E-state index in [0.717, 1.165) is 44.6 Å². The van der Waals surface area contributed by atoms with E-state index >= 15 is 0 Å². The van der Waals surface area contributed by atoms with Gasteiger partial charge in [0.25, 0.3) is 5.91 Å². The lowest BCUT2D eigenvalue weighted by atomic mass is 9.83. The number of fused-ring (bicyclic) bond motifs is 8. The Hall–Kier alpha value is -3.76. The molecule has 2 unspecified atom stereocenters. The number of aryl methyl sites for hydroxylation is 2. The van der Waals surface area contributed by atoms with Gasteiger partial charge >= 0.3 is 0 Å². The molecule has 1 amide bonds. The SMILES string of the molecule is Cc1cc(N)nc(C)c1CNC(=O)c1ccc2c(c1)C1OC2c2ccc(C3=C(Cl)C=C[C+]=C3)cc21. The van der Waals surface area contributed by atoms with Crippen LogP contribution in [0.4, 0.5) is 5.82 Å². The van der Waals surface area contributed by atoms with Crippen LogP contribution in [0.5, 0.6) is 0 Å². The van der Waals surface area contributed by atoms with Gasteiger partial charge in [-0.3, -0.25) is 4.79 Å². The third-order valence-electron chi connectivity index (χ3n) is 6.96. The van der Waals surface area contributed by atoms with Crippen LogP contribution in [-0.2, 0) is 11.3 Å². The first kappa shape index (κ1) is 21.8. The van der Waals surface area contributed by atoms with E-state index < -0.39 is 0 Å². The molecule has 2 aromatic carbocycles. The van der Waals surface area contributed by atoms with Gasteiger partial charge in [0.1, 0.15) is 35.8 Å². The first-order chi connectivity index (χ1) is 16.9. The molecule has 1 aromatic heterocycles. The van der Waals surface area contributed by atoms with Crippen LogP contribution < -0.4 is 11.1 Å². The number of hydrogen-bond acceptors (Lipinski definition) is 4. The van der Waals surface area contributed by atoms with Gasteiger partial charge in [-0.25, -0.2) is 4.98 Å². The molecular weight excluding hydrogens is 458 g/mol. The minimum Gasteiger partial charge on any atom is -0.384 e. The average molecular weight is 481 g/mol. The van der Waals surface area contributed by atoms with E-state index in [0.29, 0.717) is 23.0 Å². The van der Waals surface area contributed by atoms with Gasteiger partial charge in [0.15, 0.2) is 5.03 Å². The molecule has 0 saturated carbocycles. The van der Waals surface area contributed by atoms with Crippen molar-refractivity contribution in [2.45, 2.75) is 32.6 Å². The van der Waals surface area contributed by atoms with Crippen molar-refractivity contribution >= 4 is 28.9 Å². The first-order valence-electron chi connectivity index (χ1n) is 11.5. The van der Waals surface area contributed by atoms with Gasteiger partial charge in [0, 0.05) is 29.4 Å². The van der Waals surface area contributed by atoms with Gasteiger partial charge in [-0.05, 0) is 77.6 Å². The van der Waals surface area contributed by atoms with Crippen LogP contribution in [0.3, 0.4) is 0 Å². The van der Waals surface area contributed by atoms with Crippen molar-refractivity contribution < 1.29 is 9.53 Å². The second kappa shape index (κ2) is 8.17. The van der Waals surface area contributed by atoms with Crippen molar-refractivity contribution in [3.8, 4) is 0 Å². The molecule has 3 heterocycles. The number of pyridine rings is 1. The number of benzene rings is 2. The fourth-order valence-corrected chi connectivity index (χ4v) is 5.44. The smallest absolute Gasteiger partial charge is 0.251 e. The molecular formula is C29H23ClN3O2+. The standard InChI is InChI=1S/C29H22ClN3O2/c1-15-11-26(31)33-16(2)24(15)14-32-29(34)18-8-10-21-23(13-18)28-22-12-17(7-9-20(22)27(21)35-28)19-5-3-4-6-25(19)30/h4-13,27-28H,14H2,1-2H3,(H2-,31,32,33,34)/p+1. The van der Waals surface area contributed by atoms with Gasteiger partial charge in [-0.1, -0.05) is 23.7 Å². The molecule has 1 aliphatic carbocycles. The molecule has 3 aromatic rings. The van der Waals surface area contributed by atoms with Crippen molar-refractivity contribution in [3.05, 3.63) is 122 Å². The molecule has 6 rings (SSSR count). The van der Waals surface area contributed by atoms with E-state index in [2.05, 4.69) is 34.6 Å². The fourth-order valence-electron chi connectivity index (χ4n) is 5.21. The van der Waals surface area contributed by atoms with E-state index in [1.807, 2.05) is 50.3 Å². The number of nitrogen functional groups attached to an aromatic ring is 1. The molecule has 0 radical (unpaired) electrons. The predicted octanol–water partition coefficient (Wildman–Crippen LogP) is 5.61. The average Bonchev–Trinajstić information content (AvgIpc) is 3.40. The Bertz CT molecular complexity index is 1480. The molecule has 2 atom stereocenters. The number of anilines is 1. The lowest BCUT2D eigenvalue weighted by molar-refractivity contribution is 0.0857. The number of halogens is 1. The van der Waals surface area contributed by atoms with Crippen LogP contribution in [-0.4, -0.2) is 10.9 Å². The Labute approximate surface area is 209 Å². The Morgan fingerprint density at radius 3 is 2.60 bits per heavy atom. The fraction of sp³-hybridized carbons (Fsp3) is 0.172. The summed E-state index contributed by atoms with van der Waals surface area (Å²) in [7, 11) is 0. The topological polar surface area (TPSA) is 77.2 Å². The minimum absolute atomic E-state index is 0.111. The third-order valence-corrected chi connectivity index (χ3v) is 7.29. The number of nitrogens with one attached hydrogen (secondary N) is 1. The molecule has 0 spiro atoms. The summed E-state index contributed by atoms with van der Waals surface area (Å²) in [5, 5.41) is 3.72. The molecule has 0 saturated heterocycles. The van der Waals surface area contributed by atoms with Crippen molar-refractivity contribution in [2.24, 2.45) is 0 Å². The van der Waals surface area contributed by atoms with Crippen LogP contribution in [0.15, 0.2) is 65.7 Å². The summed E-state index contributed by atoms with van der Waals surface area (Å²) in [5.41, 5.74) is 15.7. The number of hydrogen-bond donors (Lipinski definition) is 2. The zero-order chi connectivity index (χ0) is 24.3. The molecule has 5 nitrogen and oxygen atoms in total. The number of ether oxygens (including phenoxy) is 1. The van der Waals surface area contributed by atoms with Gasteiger partial charge in [-0.2, -0.15) is 0 Å². The number of allylic oxidation sites excluding steroid dienone is 6. The number of amides is 1. The summed E-state index contributed by atoms with van der Waals surface area (Å²) >= 11 is 6.42. The van der Waals surface area contributed by atoms with Gasteiger partial charge in [0.05, 0.1) is 6.08 Å². The predicted molar refractivity (Wildman–Crippen MR) is 137 cm³/mol. The maximum absolute atomic E-state index is 13.0. The molecule has 172 valence electrons. The summed E-state index contributed by atoms with van der Waals surface area (Å²) in [6.07, 6.45) is 8.34. The highest BCUT2D eigenvalue weighted by Crippen LogP contribution is 2.54. The van der Waals surface area contributed by atoms with Crippen molar-refractivity contribution in [1.29, 1.82) is 0 Å². The zero-order valence-electron chi connectivity index (χ0n) is 19.4. The van der Waals surface area contributed by atoms with E-state index in [-0.39, 0.29) is 18.1 Å². The Kier molecular flexibility index (Phi) is 5.08. The Balaban J connectivity index is 1.27.